The van der Waals surface area contributed by atoms with Crippen LogP contribution in [0.15, 0.2) is 83.1 Å². The fourth-order valence-electron chi connectivity index (χ4n) is 6.17. The highest BCUT2D eigenvalue weighted by molar-refractivity contribution is 6.29. The zero-order valence-electron chi connectivity index (χ0n) is 27.1. The number of hydrazone groups is 1. The minimum atomic E-state index is -0.706. The minimum Gasteiger partial charge on any atom is -0.481 e. The van der Waals surface area contributed by atoms with Gasteiger partial charge in [-0.1, -0.05) is 95.2 Å². The Morgan fingerprint density at radius 1 is 0.844 bits per heavy atom. The molecular formula is C37H48N4O4. The van der Waals surface area contributed by atoms with E-state index in [4.69, 9.17) is 5.11 Å². The number of anilines is 2. The second kappa shape index (κ2) is 16.2. The van der Waals surface area contributed by atoms with E-state index in [1.165, 1.54) is 23.4 Å². The first-order valence-corrected chi connectivity index (χ1v) is 16.4. The maximum atomic E-state index is 13.3. The van der Waals surface area contributed by atoms with Crippen molar-refractivity contribution in [2.24, 2.45) is 5.10 Å². The van der Waals surface area contributed by atoms with E-state index in [1.54, 1.807) is 0 Å². The van der Waals surface area contributed by atoms with E-state index < -0.39 is 5.97 Å². The molecule has 0 atom stereocenters. The minimum absolute atomic E-state index is 0.0451. The molecule has 0 saturated carbocycles. The third kappa shape index (κ3) is 8.93. The lowest BCUT2D eigenvalue weighted by molar-refractivity contribution is -0.137. The number of carboxylic acid groups (broad SMARTS) is 1. The summed E-state index contributed by atoms with van der Waals surface area (Å²) in [6.07, 6.45) is 14.2. The van der Waals surface area contributed by atoms with Crippen LogP contribution in [-0.4, -0.2) is 41.7 Å². The van der Waals surface area contributed by atoms with Crippen LogP contribution >= 0.6 is 0 Å². The molecule has 0 aromatic heterocycles. The summed E-state index contributed by atoms with van der Waals surface area (Å²) in [6.45, 7) is 7.45. The van der Waals surface area contributed by atoms with Gasteiger partial charge in [0, 0.05) is 42.7 Å². The predicted molar refractivity (Wildman–Crippen MR) is 181 cm³/mol. The Hall–Kier alpha value is -4.20. The molecule has 8 nitrogen and oxygen atoms in total. The van der Waals surface area contributed by atoms with Crippen LogP contribution < -0.4 is 15.2 Å². The maximum absolute atomic E-state index is 13.3. The number of para-hydroxylation sites is 2. The molecule has 2 N–H and O–H groups in total. The number of hydrogen-bond donors (Lipinski definition) is 2. The molecular weight excluding hydrogens is 564 g/mol. The Bertz CT molecular complexity index is 1430. The average molecular weight is 613 g/mol. The van der Waals surface area contributed by atoms with Crippen molar-refractivity contribution in [3.63, 3.8) is 0 Å². The molecule has 2 aliphatic rings. The number of carboxylic acids is 1. The van der Waals surface area contributed by atoms with Gasteiger partial charge < -0.3 is 15.3 Å². The summed E-state index contributed by atoms with van der Waals surface area (Å²) in [4.78, 5) is 38.9. The summed E-state index contributed by atoms with van der Waals surface area (Å²) < 4.78 is 0. The largest absolute Gasteiger partial charge is 0.481 e. The fourth-order valence-corrected chi connectivity index (χ4v) is 6.17. The normalized spacial score (nSPS) is 17.2. The topological polar surface area (TPSA) is 102 Å². The third-order valence-corrected chi connectivity index (χ3v) is 8.72. The first-order chi connectivity index (χ1) is 21.7. The number of carbonyl (C=O) groups is 3. The van der Waals surface area contributed by atoms with E-state index in [-0.39, 0.29) is 23.7 Å². The Morgan fingerprint density at radius 3 is 2.16 bits per heavy atom. The van der Waals surface area contributed by atoms with Gasteiger partial charge in [-0.05, 0) is 55.7 Å². The number of carbonyl (C=O) groups excluding carboxylic acids is 2. The number of aliphatic carboxylic acids is 1. The van der Waals surface area contributed by atoms with Crippen molar-refractivity contribution in [2.45, 2.75) is 96.8 Å². The van der Waals surface area contributed by atoms with Gasteiger partial charge in [-0.3, -0.25) is 14.4 Å². The Balaban J connectivity index is 1.28. The van der Waals surface area contributed by atoms with Crippen molar-refractivity contribution in [3.05, 3.63) is 83.6 Å². The molecule has 4 rings (SSSR count). The molecule has 2 amide bonds. The lowest BCUT2D eigenvalue weighted by Gasteiger charge is -2.27. The second-order valence-electron chi connectivity index (χ2n) is 12.5. The molecule has 0 spiro atoms. The van der Waals surface area contributed by atoms with Crippen molar-refractivity contribution in [1.29, 1.82) is 0 Å². The Kier molecular flexibility index (Phi) is 12.1. The molecule has 2 heterocycles. The van der Waals surface area contributed by atoms with E-state index in [0.717, 1.165) is 62.0 Å². The summed E-state index contributed by atoms with van der Waals surface area (Å²) >= 11 is 0. The first kappa shape index (κ1) is 33.7. The number of amides is 2. The van der Waals surface area contributed by atoms with E-state index in [9.17, 15) is 14.4 Å². The van der Waals surface area contributed by atoms with Gasteiger partial charge in [0.2, 0.25) is 5.91 Å². The van der Waals surface area contributed by atoms with Gasteiger partial charge in [0.1, 0.15) is 0 Å². The summed E-state index contributed by atoms with van der Waals surface area (Å²) in [7, 11) is 0. The van der Waals surface area contributed by atoms with Crippen LogP contribution in [-0.2, 0) is 19.8 Å². The van der Waals surface area contributed by atoms with Crippen LogP contribution in [0.5, 0.6) is 0 Å². The number of unbranched alkanes of at least 4 members (excludes halogenated alkanes) is 8. The molecule has 0 aliphatic carbocycles. The van der Waals surface area contributed by atoms with Gasteiger partial charge in [-0.25, -0.2) is 0 Å². The SMILES string of the molecule is CC1=NN(c2ccccc2)C(=O)/C1=C/C=C1/N(CCC(=O)NCCCCCCCCCCCC(=O)O)c2ccccc2C1(C)C. The molecule has 2 aromatic rings. The van der Waals surface area contributed by atoms with Crippen molar-refractivity contribution >= 4 is 34.9 Å². The van der Waals surface area contributed by atoms with Gasteiger partial charge in [0.15, 0.2) is 0 Å². The Morgan fingerprint density at radius 2 is 1.47 bits per heavy atom. The number of nitrogens with one attached hydrogen (secondary N) is 1. The maximum Gasteiger partial charge on any atom is 0.303 e. The lowest BCUT2D eigenvalue weighted by atomic mass is 9.83. The molecule has 8 heteroatoms. The molecule has 2 aliphatic heterocycles. The van der Waals surface area contributed by atoms with Gasteiger partial charge >= 0.3 is 5.97 Å². The lowest BCUT2D eigenvalue weighted by Crippen LogP contribution is -2.32. The highest BCUT2D eigenvalue weighted by Crippen LogP contribution is 2.47. The van der Waals surface area contributed by atoms with Crippen molar-refractivity contribution < 1.29 is 19.5 Å². The van der Waals surface area contributed by atoms with Crippen molar-refractivity contribution in [1.82, 2.24) is 5.32 Å². The standard InChI is InChI=1S/C37H48N4O4/c1-28-30(36(45)41(39-28)29-18-12-11-13-19-29)23-24-33-37(2,3)31-20-15-16-21-32(31)40(33)27-25-34(42)38-26-17-10-8-6-4-5-7-9-14-22-35(43)44/h11-13,15-16,18-21,23-24H,4-10,14,17,22,25-27H2,1-3H3,(H,38,42)(H,43,44)/b30-23+,33-24+. The van der Waals surface area contributed by atoms with Crippen molar-refractivity contribution in [2.75, 3.05) is 23.0 Å². The van der Waals surface area contributed by atoms with Crippen LogP contribution in [0.1, 0.15) is 97.0 Å². The van der Waals surface area contributed by atoms with Crippen LogP contribution in [0.3, 0.4) is 0 Å². The van der Waals surface area contributed by atoms with Crippen molar-refractivity contribution in [3.8, 4) is 0 Å². The summed E-state index contributed by atoms with van der Waals surface area (Å²) in [6, 6.07) is 17.8. The quantitative estimate of drug-likeness (QED) is 0.142. The fraction of sp³-hybridized carbons (Fsp3) is 0.459. The van der Waals surface area contributed by atoms with Crippen LogP contribution in [0.4, 0.5) is 11.4 Å². The molecule has 0 unspecified atom stereocenters. The number of rotatable bonds is 17. The molecule has 0 radical (unpaired) electrons. The number of hydrogen-bond acceptors (Lipinski definition) is 5. The summed E-state index contributed by atoms with van der Waals surface area (Å²) in [5, 5.41) is 17.8. The Labute approximate surface area is 267 Å². The summed E-state index contributed by atoms with van der Waals surface area (Å²) in [5.41, 5.74) is 5.01. The molecule has 45 heavy (non-hydrogen) atoms. The number of benzene rings is 2. The first-order valence-electron chi connectivity index (χ1n) is 16.4. The predicted octanol–water partition coefficient (Wildman–Crippen LogP) is 7.51. The van der Waals surface area contributed by atoms with E-state index >= 15 is 0 Å². The van der Waals surface area contributed by atoms with Crippen LogP contribution in [0.2, 0.25) is 0 Å². The number of nitrogens with zero attached hydrogens (tertiary/aromatic N) is 3. The molecule has 240 valence electrons. The molecule has 0 fully saturated rings. The molecule has 2 aromatic carbocycles. The van der Waals surface area contributed by atoms with E-state index in [1.807, 2.05) is 61.5 Å². The average Bonchev–Trinajstić information content (AvgIpc) is 3.43. The second-order valence-corrected chi connectivity index (χ2v) is 12.5. The zero-order chi connectivity index (χ0) is 32.2. The number of fused-ring (bicyclic) bond motifs is 1. The van der Waals surface area contributed by atoms with Crippen LogP contribution in [0.25, 0.3) is 0 Å². The zero-order valence-corrected chi connectivity index (χ0v) is 27.1. The number of allylic oxidation sites excluding steroid dienone is 3. The summed E-state index contributed by atoms with van der Waals surface area (Å²) in [5.74, 6) is -0.811. The van der Waals surface area contributed by atoms with Gasteiger partial charge in [0.25, 0.3) is 5.91 Å². The van der Waals surface area contributed by atoms with Crippen LogP contribution in [0, 0.1) is 0 Å². The van der Waals surface area contributed by atoms with E-state index in [0.29, 0.717) is 30.8 Å². The molecule has 0 saturated heterocycles. The van der Waals surface area contributed by atoms with Gasteiger partial charge in [-0.15, -0.1) is 0 Å². The highest BCUT2D eigenvalue weighted by atomic mass is 16.4. The third-order valence-electron chi connectivity index (χ3n) is 8.72. The smallest absolute Gasteiger partial charge is 0.303 e. The monoisotopic (exact) mass is 612 g/mol. The highest BCUT2D eigenvalue weighted by Gasteiger charge is 2.40. The molecule has 0 bridgehead atoms. The van der Waals surface area contributed by atoms with E-state index in [2.05, 4.69) is 41.3 Å². The van der Waals surface area contributed by atoms with Gasteiger partial charge in [0.05, 0.1) is 17.0 Å². The van der Waals surface area contributed by atoms with Gasteiger partial charge in [-0.2, -0.15) is 10.1 Å².